The minimum atomic E-state index is -3.40. The highest BCUT2D eigenvalue weighted by Gasteiger charge is 2.27. The first-order chi connectivity index (χ1) is 14.5. The maximum Gasteiger partial charge on any atom is 0.243 e. The molecule has 1 fully saturated rings. The quantitative estimate of drug-likeness (QED) is 0.534. The topological polar surface area (TPSA) is 83.9 Å². The lowest BCUT2D eigenvalue weighted by molar-refractivity contribution is 0.477. The fourth-order valence-corrected chi connectivity index (χ4v) is 5.54. The van der Waals surface area contributed by atoms with Crippen molar-refractivity contribution in [2.75, 3.05) is 13.1 Å². The molecule has 1 aliphatic rings. The molecule has 0 radical (unpaired) electrons. The molecule has 0 atom stereocenters. The normalized spacial score (nSPS) is 15.2. The number of aromatic amines is 1. The van der Waals surface area contributed by atoms with E-state index in [4.69, 9.17) is 0 Å². The predicted molar refractivity (Wildman–Crippen MR) is 116 cm³/mol. The van der Waals surface area contributed by atoms with Gasteiger partial charge in [-0.3, -0.25) is 4.68 Å². The van der Waals surface area contributed by atoms with E-state index >= 15 is 0 Å². The van der Waals surface area contributed by atoms with Crippen molar-refractivity contribution in [3.63, 3.8) is 0 Å². The Kier molecular flexibility index (Phi) is 4.67. The second-order valence-electron chi connectivity index (χ2n) is 7.68. The number of rotatable bonds is 5. The first-order valence-corrected chi connectivity index (χ1v) is 11.5. The van der Waals surface area contributed by atoms with Crippen molar-refractivity contribution >= 4 is 21.1 Å². The van der Waals surface area contributed by atoms with Crippen LogP contribution in [0.5, 0.6) is 0 Å². The van der Waals surface area contributed by atoms with Crippen LogP contribution >= 0.6 is 0 Å². The highest BCUT2D eigenvalue weighted by atomic mass is 32.2. The summed E-state index contributed by atoms with van der Waals surface area (Å²) >= 11 is 0. The molecule has 0 spiro atoms. The van der Waals surface area contributed by atoms with Gasteiger partial charge in [0.1, 0.15) is 5.65 Å². The van der Waals surface area contributed by atoms with E-state index in [2.05, 4.69) is 21.1 Å². The van der Waals surface area contributed by atoms with E-state index in [1.165, 1.54) is 0 Å². The van der Waals surface area contributed by atoms with Crippen LogP contribution in [0.4, 0.5) is 0 Å². The Labute approximate surface area is 175 Å². The van der Waals surface area contributed by atoms with Crippen LogP contribution in [0.2, 0.25) is 0 Å². The minimum absolute atomic E-state index is 0.349. The molecule has 0 saturated carbocycles. The van der Waals surface area contributed by atoms with Gasteiger partial charge < -0.3 is 4.98 Å². The molecule has 1 aromatic carbocycles. The Morgan fingerprint density at radius 1 is 1.03 bits per heavy atom. The molecule has 4 aromatic rings. The maximum atomic E-state index is 12.8. The summed E-state index contributed by atoms with van der Waals surface area (Å²) in [6.07, 6.45) is 5.42. The van der Waals surface area contributed by atoms with E-state index < -0.39 is 10.0 Å². The Morgan fingerprint density at radius 3 is 2.50 bits per heavy atom. The second kappa shape index (κ2) is 7.37. The molecule has 3 aromatic heterocycles. The fraction of sp³-hybridized carbons (Fsp3) is 0.273. The summed E-state index contributed by atoms with van der Waals surface area (Å²) in [7, 11) is -3.40. The number of pyridine rings is 1. The van der Waals surface area contributed by atoms with Crippen LogP contribution in [0, 0.1) is 6.92 Å². The number of sulfonamides is 1. The van der Waals surface area contributed by atoms with E-state index in [1.54, 1.807) is 28.8 Å². The number of H-pyrrole nitrogens is 1. The summed E-state index contributed by atoms with van der Waals surface area (Å²) in [5, 5.41) is 5.35. The number of fused-ring (bicyclic) bond motifs is 1. The van der Waals surface area contributed by atoms with Crippen LogP contribution < -0.4 is 0 Å². The molecule has 0 amide bonds. The summed E-state index contributed by atoms with van der Waals surface area (Å²) in [4.78, 5) is 8.18. The molecule has 1 saturated heterocycles. The van der Waals surface area contributed by atoms with E-state index in [0.717, 1.165) is 46.4 Å². The zero-order valence-corrected chi connectivity index (χ0v) is 17.6. The van der Waals surface area contributed by atoms with Crippen molar-refractivity contribution in [1.82, 2.24) is 24.1 Å². The molecule has 0 aliphatic carbocycles. The Hall–Kier alpha value is -2.97. The summed E-state index contributed by atoms with van der Waals surface area (Å²) in [6, 6.07) is 13.2. The summed E-state index contributed by atoms with van der Waals surface area (Å²) in [5.41, 5.74) is 4.90. The van der Waals surface area contributed by atoms with Crippen LogP contribution in [-0.4, -0.2) is 45.6 Å². The van der Waals surface area contributed by atoms with Gasteiger partial charge >= 0.3 is 0 Å². The van der Waals surface area contributed by atoms with E-state index in [0.29, 0.717) is 24.5 Å². The van der Waals surface area contributed by atoms with Crippen LogP contribution in [-0.2, 0) is 16.6 Å². The van der Waals surface area contributed by atoms with Crippen molar-refractivity contribution in [2.24, 2.45) is 0 Å². The monoisotopic (exact) mass is 421 g/mol. The Bertz CT molecular complexity index is 1300. The molecule has 154 valence electrons. The lowest BCUT2D eigenvalue weighted by atomic mass is 10.0. The van der Waals surface area contributed by atoms with Gasteiger partial charge in [-0.25, -0.2) is 13.4 Å². The van der Waals surface area contributed by atoms with Crippen LogP contribution in [0.25, 0.3) is 22.2 Å². The van der Waals surface area contributed by atoms with E-state index in [1.807, 2.05) is 35.9 Å². The largest absolute Gasteiger partial charge is 0.342 e. The molecule has 8 heteroatoms. The summed E-state index contributed by atoms with van der Waals surface area (Å²) in [5.74, 6) is 0. The first-order valence-electron chi connectivity index (χ1n) is 10.1. The van der Waals surface area contributed by atoms with Crippen molar-refractivity contribution in [1.29, 1.82) is 0 Å². The van der Waals surface area contributed by atoms with Gasteiger partial charge in [0.05, 0.1) is 11.4 Å². The third-order valence-corrected chi connectivity index (χ3v) is 7.62. The smallest absolute Gasteiger partial charge is 0.243 e. The molecular weight excluding hydrogens is 398 g/mol. The van der Waals surface area contributed by atoms with Gasteiger partial charge in [-0.2, -0.15) is 9.40 Å². The first kappa shape index (κ1) is 19.0. The molecule has 4 heterocycles. The number of hydrogen-bond donors (Lipinski definition) is 1. The third-order valence-electron chi connectivity index (χ3n) is 5.70. The molecular formula is C22H23N5O2S. The van der Waals surface area contributed by atoms with Crippen molar-refractivity contribution < 1.29 is 8.42 Å². The third kappa shape index (κ3) is 3.32. The zero-order chi connectivity index (χ0) is 20.7. The summed E-state index contributed by atoms with van der Waals surface area (Å²) in [6.45, 7) is 3.88. The molecule has 7 nitrogen and oxygen atoms in total. The lowest BCUT2D eigenvalue weighted by Crippen LogP contribution is -2.27. The van der Waals surface area contributed by atoms with Crippen LogP contribution in [0.3, 0.4) is 0 Å². The van der Waals surface area contributed by atoms with Crippen LogP contribution in [0.1, 0.15) is 24.2 Å². The van der Waals surface area contributed by atoms with Crippen molar-refractivity contribution in [3.05, 3.63) is 66.2 Å². The van der Waals surface area contributed by atoms with Gasteiger partial charge in [0.2, 0.25) is 10.0 Å². The number of aromatic nitrogens is 4. The second-order valence-corrected chi connectivity index (χ2v) is 9.62. The number of nitrogens with zero attached hydrogens (tertiary/aromatic N) is 4. The Morgan fingerprint density at radius 2 is 1.80 bits per heavy atom. The maximum absolute atomic E-state index is 12.8. The molecule has 5 rings (SSSR count). The highest BCUT2D eigenvalue weighted by Crippen LogP contribution is 2.30. The standard InChI is InChI=1S/C22H23N5O2S/c1-16-8-11-24-27(16)15-18-14-21-20(9-10-23-22(21)25-18)17-4-6-19(7-5-17)30(28,29)26-12-2-3-13-26/h4-11,14H,2-3,12-13,15H2,1H3,(H,23,25). The van der Waals surface area contributed by atoms with Crippen molar-refractivity contribution in [3.8, 4) is 11.1 Å². The molecule has 1 N–H and O–H groups in total. The molecule has 30 heavy (non-hydrogen) atoms. The summed E-state index contributed by atoms with van der Waals surface area (Å²) < 4.78 is 29.1. The number of aryl methyl sites for hydroxylation is 1. The van der Waals surface area contributed by atoms with Gasteiger partial charge in [-0.15, -0.1) is 0 Å². The lowest BCUT2D eigenvalue weighted by Gasteiger charge is -2.15. The minimum Gasteiger partial charge on any atom is -0.342 e. The fourth-order valence-electron chi connectivity index (χ4n) is 4.03. The van der Waals surface area contributed by atoms with Gasteiger partial charge in [0, 0.05) is 42.3 Å². The van der Waals surface area contributed by atoms with Gasteiger partial charge in [0.15, 0.2) is 0 Å². The molecule has 0 bridgehead atoms. The molecule has 1 aliphatic heterocycles. The number of benzene rings is 1. The highest BCUT2D eigenvalue weighted by molar-refractivity contribution is 7.89. The SMILES string of the molecule is Cc1ccnn1Cc1cc2c(-c3ccc(S(=O)(=O)N4CCCC4)cc3)ccnc2[nH]1. The predicted octanol–water partition coefficient (Wildman–Crippen LogP) is 3.57. The number of hydrogen-bond acceptors (Lipinski definition) is 4. The van der Waals surface area contributed by atoms with Crippen LogP contribution in [0.15, 0.2) is 59.8 Å². The average Bonchev–Trinajstić information content (AvgIpc) is 3.49. The van der Waals surface area contributed by atoms with E-state index in [9.17, 15) is 8.42 Å². The average molecular weight is 422 g/mol. The zero-order valence-electron chi connectivity index (χ0n) is 16.7. The van der Waals surface area contributed by atoms with Gasteiger partial charge in [-0.1, -0.05) is 12.1 Å². The van der Waals surface area contributed by atoms with Gasteiger partial charge in [0.25, 0.3) is 0 Å². The van der Waals surface area contributed by atoms with Gasteiger partial charge in [-0.05, 0) is 61.2 Å². The Balaban J connectivity index is 1.48. The van der Waals surface area contributed by atoms with E-state index in [-0.39, 0.29) is 0 Å². The van der Waals surface area contributed by atoms with Crippen molar-refractivity contribution in [2.45, 2.75) is 31.2 Å². The number of nitrogens with one attached hydrogen (secondary N) is 1. The molecule has 0 unspecified atom stereocenters.